The summed E-state index contributed by atoms with van der Waals surface area (Å²) in [6, 6.07) is 10.2. The molecule has 2 aromatic rings. The lowest BCUT2D eigenvalue weighted by molar-refractivity contribution is -0.137. The summed E-state index contributed by atoms with van der Waals surface area (Å²) < 4.78 is 42.7. The van der Waals surface area contributed by atoms with Gasteiger partial charge in [-0.15, -0.1) is 0 Å². The minimum absolute atomic E-state index is 0.00621. The van der Waals surface area contributed by atoms with Crippen molar-refractivity contribution in [3.63, 3.8) is 0 Å². The fraction of sp³-hybridized carbons (Fsp3) is 0.118. The van der Waals surface area contributed by atoms with Gasteiger partial charge in [0.2, 0.25) is 0 Å². The number of hydrogen-bond acceptors (Lipinski definition) is 2. The molecule has 1 heterocycles. The molecule has 1 N–H and O–H groups in total. The number of carbonyl (C=O) groups excluding carboxylic acids is 1. The molecule has 0 saturated carbocycles. The lowest BCUT2D eigenvalue weighted by Crippen LogP contribution is -2.25. The van der Waals surface area contributed by atoms with E-state index < -0.39 is 11.7 Å². The van der Waals surface area contributed by atoms with Crippen LogP contribution in [-0.4, -0.2) is 12.5 Å². The summed E-state index contributed by atoms with van der Waals surface area (Å²) in [5.41, 5.74) is 1.35. The molecular weight excluding hydrogens is 307 g/mol. The highest BCUT2D eigenvalue weighted by Crippen LogP contribution is 2.30. The molecule has 3 nitrogen and oxygen atoms in total. The maximum Gasteiger partial charge on any atom is 0.416 e. The molecule has 1 amide bonds. The number of nitrogens with one attached hydrogen (secondary N) is 1. The van der Waals surface area contributed by atoms with Crippen LogP contribution in [0.3, 0.4) is 0 Å². The molecule has 0 saturated heterocycles. The number of ether oxygens (including phenoxy) is 1. The molecule has 0 aromatic heterocycles. The highest BCUT2D eigenvalue weighted by Gasteiger charge is 2.29. The number of benzene rings is 2. The predicted octanol–water partition coefficient (Wildman–Crippen LogP) is 4.21. The third kappa shape index (κ3) is 3.53. The number of carbonyl (C=O) groups is 1. The number of alkyl halides is 3. The summed E-state index contributed by atoms with van der Waals surface area (Å²) in [4.78, 5) is 11.3. The molecule has 0 atom stereocenters. The monoisotopic (exact) mass is 319 g/mol. The maximum absolute atomic E-state index is 12.5. The van der Waals surface area contributed by atoms with E-state index in [1.54, 1.807) is 30.4 Å². The van der Waals surface area contributed by atoms with Crippen LogP contribution in [0.1, 0.15) is 16.7 Å². The van der Waals surface area contributed by atoms with Crippen molar-refractivity contribution in [1.82, 2.24) is 0 Å². The summed E-state index contributed by atoms with van der Waals surface area (Å²) in [6.07, 6.45) is -0.879. The van der Waals surface area contributed by atoms with Crippen molar-refractivity contribution < 1.29 is 22.7 Å². The van der Waals surface area contributed by atoms with Crippen LogP contribution in [0.4, 0.5) is 18.9 Å². The third-order valence-electron chi connectivity index (χ3n) is 3.34. The molecular formula is C17H12F3NO2. The van der Waals surface area contributed by atoms with E-state index in [9.17, 15) is 18.0 Å². The number of amides is 1. The van der Waals surface area contributed by atoms with Gasteiger partial charge in [-0.3, -0.25) is 4.79 Å². The van der Waals surface area contributed by atoms with E-state index >= 15 is 0 Å². The lowest BCUT2D eigenvalue weighted by Gasteiger charge is -2.17. The van der Waals surface area contributed by atoms with Crippen LogP contribution >= 0.6 is 0 Å². The topological polar surface area (TPSA) is 38.3 Å². The van der Waals surface area contributed by atoms with Crippen LogP contribution in [0, 0.1) is 0 Å². The minimum Gasteiger partial charge on any atom is -0.482 e. The second kappa shape index (κ2) is 5.79. The Morgan fingerprint density at radius 2 is 1.65 bits per heavy atom. The number of hydrogen-bond donors (Lipinski definition) is 1. The molecule has 0 unspecified atom stereocenters. The second-order valence-electron chi connectivity index (χ2n) is 5.05. The predicted molar refractivity (Wildman–Crippen MR) is 80.9 cm³/mol. The summed E-state index contributed by atoms with van der Waals surface area (Å²) in [7, 11) is 0. The highest BCUT2D eigenvalue weighted by atomic mass is 19.4. The molecule has 1 aliphatic heterocycles. The van der Waals surface area contributed by atoms with Gasteiger partial charge in [-0.1, -0.05) is 30.4 Å². The second-order valence-corrected chi connectivity index (χ2v) is 5.05. The van der Waals surface area contributed by atoms with Crippen LogP contribution in [0.15, 0.2) is 42.5 Å². The van der Waals surface area contributed by atoms with Gasteiger partial charge in [0.15, 0.2) is 6.61 Å². The Kier molecular flexibility index (Phi) is 3.82. The van der Waals surface area contributed by atoms with Gasteiger partial charge in [0.05, 0.1) is 11.3 Å². The summed E-state index contributed by atoms with van der Waals surface area (Å²) >= 11 is 0. The van der Waals surface area contributed by atoms with Gasteiger partial charge in [-0.05, 0) is 35.4 Å². The fourth-order valence-corrected chi connectivity index (χ4v) is 2.18. The van der Waals surface area contributed by atoms with Gasteiger partial charge >= 0.3 is 6.18 Å². The van der Waals surface area contributed by atoms with E-state index in [-0.39, 0.29) is 12.5 Å². The van der Waals surface area contributed by atoms with Crippen molar-refractivity contribution in [1.29, 1.82) is 0 Å². The summed E-state index contributed by atoms with van der Waals surface area (Å²) in [5, 5.41) is 2.70. The molecule has 118 valence electrons. The van der Waals surface area contributed by atoms with E-state index in [2.05, 4.69) is 5.32 Å². The first-order chi connectivity index (χ1) is 10.9. The molecule has 0 bridgehead atoms. The van der Waals surface area contributed by atoms with Gasteiger partial charge in [0, 0.05) is 0 Å². The van der Waals surface area contributed by atoms with Gasteiger partial charge < -0.3 is 10.1 Å². The number of anilines is 1. The van der Waals surface area contributed by atoms with Crippen LogP contribution in [0.5, 0.6) is 5.75 Å². The van der Waals surface area contributed by atoms with Crippen molar-refractivity contribution in [2.75, 3.05) is 11.9 Å². The van der Waals surface area contributed by atoms with E-state index in [0.717, 1.165) is 17.7 Å². The first kappa shape index (κ1) is 15.1. The standard InChI is InChI=1S/C17H12F3NO2/c18-17(19,20)13-6-3-11(4-7-13)1-2-12-5-8-15-14(9-12)21-16(22)10-23-15/h1-9H,10H2,(H,21,22)/b2-1+. The first-order valence-electron chi connectivity index (χ1n) is 6.84. The maximum atomic E-state index is 12.5. The Morgan fingerprint density at radius 3 is 2.35 bits per heavy atom. The zero-order valence-corrected chi connectivity index (χ0v) is 11.9. The van der Waals surface area contributed by atoms with E-state index in [0.29, 0.717) is 17.0 Å². The average molecular weight is 319 g/mol. The quantitative estimate of drug-likeness (QED) is 0.842. The van der Waals surface area contributed by atoms with Crippen molar-refractivity contribution in [3.8, 4) is 5.75 Å². The van der Waals surface area contributed by atoms with Crippen molar-refractivity contribution in [2.45, 2.75) is 6.18 Å². The Morgan fingerprint density at radius 1 is 1.00 bits per heavy atom. The highest BCUT2D eigenvalue weighted by molar-refractivity contribution is 5.95. The van der Waals surface area contributed by atoms with E-state index in [4.69, 9.17) is 4.74 Å². The van der Waals surface area contributed by atoms with Crippen LogP contribution in [0.25, 0.3) is 12.2 Å². The van der Waals surface area contributed by atoms with Crippen LogP contribution in [-0.2, 0) is 11.0 Å². The van der Waals surface area contributed by atoms with Gasteiger partial charge in [-0.2, -0.15) is 13.2 Å². The third-order valence-corrected chi connectivity index (χ3v) is 3.34. The average Bonchev–Trinajstić information content (AvgIpc) is 2.52. The lowest BCUT2D eigenvalue weighted by atomic mass is 10.1. The molecule has 1 aliphatic rings. The van der Waals surface area contributed by atoms with Crippen LogP contribution < -0.4 is 10.1 Å². The Hall–Kier alpha value is -2.76. The van der Waals surface area contributed by atoms with Crippen LogP contribution in [0.2, 0.25) is 0 Å². The zero-order chi connectivity index (χ0) is 16.4. The smallest absolute Gasteiger partial charge is 0.416 e. The Labute approximate surface area is 130 Å². The van der Waals surface area contributed by atoms with Crippen molar-refractivity contribution in [2.24, 2.45) is 0 Å². The van der Waals surface area contributed by atoms with E-state index in [1.165, 1.54) is 12.1 Å². The Bertz CT molecular complexity index is 764. The SMILES string of the molecule is O=C1COc2ccc(/C=C/c3ccc(C(F)(F)F)cc3)cc2N1. The molecule has 0 fully saturated rings. The summed E-state index contributed by atoms with van der Waals surface area (Å²) in [5.74, 6) is 0.373. The molecule has 0 aliphatic carbocycles. The molecule has 23 heavy (non-hydrogen) atoms. The minimum atomic E-state index is -4.33. The largest absolute Gasteiger partial charge is 0.482 e. The molecule has 0 spiro atoms. The fourth-order valence-electron chi connectivity index (χ4n) is 2.18. The number of rotatable bonds is 2. The normalized spacial score (nSPS) is 14.3. The Balaban J connectivity index is 1.78. The molecule has 2 aromatic carbocycles. The van der Waals surface area contributed by atoms with Gasteiger partial charge in [-0.25, -0.2) is 0 Å². The van der Waals surface area contributed by atoms with Gasteiger partial charge in [0.25, 0.3) is 5.91 Å². The number of fused-ring (bicyclic) bond motifs is 1. The van der Waals surface area contributed by atoms with Gasteiger partial charge in [0.1, 0.15) is 5.75 Å². The molecule has 0 radical (unpaired) electrons. The van der Waals surface area contributed by atoms with Crippen molar-refractivity contribution in [3.05, 3.63) is 59.2 Å². The first-order valence-corrected chi connectivity index (χ1v) is 6.84. The zero-order valence-electron chi connectivity index (χ0n) is 11.9. The molecule has 3 rings (SSSR count). The summed E-state index contributed by atoms with van der Waals surface area (Å²) in [6.45, 7) is -0.00621. The molecule has 6 heteroatoms. The van der Waals surface area contributed by atoms with Crippen molar-refractivity contribution >= 4 is 23.7 Å². The number of halogens is 3. The van der Waals surface area contributed by atoms with E-state index in [1.807, 2.05) is 0 Å².